The highest BCUT2D eigenvalue weighted by Gasteiger charge is 2.07. The van der Waals surface area contributed by atoms with Crippen molar-refractivity contribution in [3.8, 4) is 0 Å². The minimum Gasteiger partial charge on any atom is -0.478 e. The Hall–Kier alpha value is -0.990. The second-order valence-corrected chi connectivity index (χ2v) is 3.71. The van der Waals surface area contributed by atoms with Crippen molar-refractivity contribution in [3.05, 3.63) is 40.4 Å². The zero-order chi connectivity index (χ0) is 11.3. The lowest BCUT2D eigenvalue weighted by Gasteiger charge is -2.00. The number of carboxylic acids is 1. The number of carboxylic acid groups (broad SMARTS) is 1. The Morgan fingerprint density at radius 1 is 1.47 bits per heavy atom. The average Bonchev–Trinajstić information content (AvgIpc) is 2.20. The smallest absolute Gasteiger partial charge is 0.337 e. The molecule has 0 heterocycles. The summed E-state index contributed by atoms with van der Waals surface area (Å²) in [5, 5.41) is 9.08. The van der Waals surface area contributed by atoms with Gasteiger partial charge in [-0.05, 0) is 24.1 Å². The van der Waals surface area contributed by atoms with E-state index in [1.165, 1.54) is 6.07 Å². The van der Waals surface area contributed by atoms with Crippen LogP contribution in [-0.2, 0) is 0 Å². The lowest BCUT2D eigenvalue weighted by Crippen LogP contribution is -1.97. The number of benzene rings is 1. The van der Waals surface area contributed by atoms with Gasteiger partial charge in [-0.3, -0.25) is 0 Å². The molecule has 80 valence electrons. The highest BCUT2D eigenvalue weighted by atomic mass is 35.5. The zero-order valence-electron chi connectivity index (χ0n) is 7.91. The van der Waals surface area contributed by atoms with Crippen LogP contribution in [-0.4, -0.2) is 17.0 Å². The molecule has 0 unspecified atom stereocenters. The highest BCUT2D eigenvalue weighted by Crippen LogP contribution is 2.18. The van der Waals surface area contributed by atoms with Gasteiger partial charge in [0.1, 0.15) is 0 Å². The summed E-state index contributed by atoms with van der Waals surface area (Å²) in [4.78, 5) is 10.8. The van der Waals surface area contributed by atoms with E-state index in [1.807, 2.05) is 12.2 Å². The SMILES string of the molecule is O=C(O)c1cc(C=CCCCl)ccc1Cl. The largest absolute Gasteiger partial charge is 0.478 e. The van der Waals surface area contributed by atoms with Gasteiger partial charge in [0, 0.05) is 5.88 Å². The first kappa shape index (κ1) is 12.1. The van der Waals surface area contributed by atoms with E-state index in [4.69, 9.17) is 28.3 Å². The van der Waals surface area contributed by atoms with Crippen molar-refractivity contribution in [2.24, 2.45) is 0 Å². The van der Waals surface area contributed by atoms with E-state index in [-0.39, 0.29) is 10.6 Å². The Bertz CT molecular complexity index is 386. The molecule has 1 aromatic rings. The van der Waals surface area contributed by atoms with Crippen LogP contribution in [0, 0.1) is 0 Å². The van der Waals surface area contributed by atoms with Crippen LogP contribution < -0.4 is 0 Å². The molecule has 0 aliphatic rings. The maximum absolute atomic E-state index is 10.8. The fraction of sp³-hybridized carbons (Fsp3) is 0.182. The number of aromatic carboxylic acids is 1. The molecule has 0 aliphatic heterocycles. The minimum absolute atomic E-state index is 0.115. The Morgan fingerprint density at radius 3 is 2.80 bits per heavy atom. The predicted molar refractivity (Wildman–Crippen MR) is 62.8 cm³/mol. The summed E-state index contributed by atoms with van der Waals surface area (Å²) < 4.78 is 0. The first-order valence-corrected chi connectivity index (χ1v) is 5.31. The number of hydrogen-bond acceptors (Lipinski definition) is 1. The van der Waals surface area contributed by atoms with Crippen molar-refractivity contribution in [2.75, 3.05) is 5.88 Å². The van der Waals surface area contributed by atoms with Gasteiger partial charge in [-0.1, -0.05) is 29.8 Å². The number of hydrogen-bond donors (Lipinski definition) is 1. The van der Waals surface area contributed by atoms with Crippen LogP contribution in [0.3, 0.4) is 0 Å². The summed E-state index contributed by atoms with van der Waals surface area (Å²) in [6, 6.07) is 4.88. The van der Waals surface area contributed by atoms with Crippen molar-refractivity contribution in [1.29, 1.82) is 0 Å². The quantitative estimate of drug-likeness (QED) is 0.821. The lowest BCUT2D eigenvalue weighted by atomic mass is 10.1. The summed E-state index contributed by atoms with van der Waals surface area (Å²) in [6.07, 6.45) is 4.47. The second kappa shape index (κ2) is 5.79. The molecular formula is C11H10Cl2O2. The predicted octanol–water partition coefficient (Wildman–Crippen LogP) is 3.68. The number of rotatable bonds is 4. The molecule has 2 nitrogen and oxygen atoms in total. The van der Waals surface area contributed by atoms with Crippen LogP contribution in [0.4, 0.5) is 0 Å². The van der Waals surface area contributed by atoms with Crippen molar-refractivity contribution >= 4 is 35.2 Å². The average molecular weight is 245 g/mol. The molecule has 0 bridgehead atoms. The molecule has 0 aromatic heterocycles. The standard InChI is InChI=1S/C11H10Cl2O2/c12-6-2-1-3-8-4-5-10(13)9(7-8)11(14)15/h1,3-5,7H,2,6H2,(H,14,15). The Balaban J connectivity index is 2.92. The van der Waals surface area contributed by atoms with Crippen molar-refractivity contribution < 1.29 is 9.90 Å². The fourth-order valence-electron chi connectivity index (χ4n) is 1.09. The van der Waals surface area contributed by atoms with Crippen LogP contribution in [0.25, 0.3) is 6.08 Å². The Labute approximate surface area is 98.1 Å². The molecule has 4 heteroatoms. The minimum atomic E-state index is -1.02. The van der Waals surface area contributed by atoms with Crippen LogP contribution >= 0.6 is 23.2 Å². The van der Waals surface area contributed by atoms with Gasteiger partial charge in [0.05, 0.1) is 10.6 Å². The van der Waals surface area contributed by atoms with Gasteiger partial charge in [-0.15, -0.1) is 11.6 Å². The second-order valence-electron chi connectivity index (χ2n) is 2.92. The molecule has 15 heavy (non-hydrogen) atoms. The molecule has 0 saturated heterocycles. The molecule has 1 aromatic carbocycles. The Kier molecular flexibility index (Phi) is 4.66. The number of halogens is 2. The third-order valence-corrected chi connectivity index (χ3v) is 2.35. The molecule has 0 aliphatic carbocycles. The van der Waals surface area contributed by atoms with Gasteiger partial charge in [0.2, 0.25) is 0 Å². The van der Waals surface area contributed by atoms with E-state index < -0.39 is 5.97 Å². The third-order valence-electron chi connectivity index (χ3n) is 1.81. The molecule has 1 rings (SSSR count). The van der Waals surface area contributed by atoms with Crippen LogP contribution in [0.15, 0.2) is 24.3 Å². The van der Waals surface area contributed by atoms with Gasteiger partial charge in [-0.25, -0.2) is 4.79 Å². The molecule has 0 amide bonds. The molecule has 0 radical (unpaired) electrons. The highest BCUT2D eigenvalue weighted by molar-refractivity contribution is 6.33. The van der Waals surface area contributed by atoms with Crippen molar-refractivity contribution in [3.63, 3.8) is 0 Å². The van der Waals surface area contributed by atoms with Gasteiger partial charge in [0.25, 0.3) is 0 Å². The fourth-order valence-corrected chi connectivity index (χ4v) is 1.42. The molecule has 0 spiro atoms. The number of allylic oxidation sites excluding steroid dienone is 1. The van der Waals surface area contributed by atoms with E-state index in [1.54, 1.807) is 12.1 Å². The summed E-state index contributed by atoms with van der Waals surface area (Å²) >= 11 is 11.2. The first-order chi connectivity index (χ1) is 7.15. The van der Waals surface area contributed by atoms with E-state index in [9.17, 15) is 4.79 Å². The van der Waals surface area contributed by atoms with Gasteiger partial charge >= 0.3 is 5.97 Å². The zero-order valence-corrected chi connectivity index (χ0v) is 9.42. The topological polar surface area (TPSA) is 37.3 Å². The summed E-state index contributed by atoms with van der Waals surface area (Å²) in [7, 11) is 0. The van der Waals surface area contributed by atoms with Crippen LogP contribution in [0.2, 0.25) is 5.02 Å². The molecule has 1 N–H and O–H groups in total. The summed E-state index contributed by atoms with van der Waals surface area (Å²) in [6.45, 7) is 0. The lowest BCUT2D eigenvalue weighted by molar-refractivity contribution is 0.0697. The molecular weight excluding hydrogens is 235 g/mol. The van der Waals surface area contributed by atoms with E-state index in [2.05, 4.69) is 0 Å². The monoisotopic (exact) mass is 244 g/mol. The molecule has 0 fully saturated rings. The first-order valence-electron chi connectivity index (χ1n) is 4.40. The third kappa shape index (κ3) is 3.57. The van der Waals surface area contributed by atoms with E-state index >= 15 is 0 Å². The van der Waals surface area contributed by atoms with Gasteiger partial charge in [0.15, 0.2) is 0 Å². The van der Waals surface area contributed by atoms with E-state index in [0.717, 1.165) is 12.0 Å². The van der Waals surface area contributed by atoms with Crippen LogP contribution in [0.1, 0.15) is 22.3 Å². The maximum Gasteiger partial charge on any atom is 0.337 e. The molecule has 0 saturated carbocycles. The normalized spacial score (nSPS) is 10.8. The van der Waals surface area contributed by atoms with Crippen LogP contribution in [0.5, 0.6) is 0 Å². The number of carbonyl (C=O) groups is 1. The maximum atomic E-state index is 10.8. The number of alkyl halides is 1. The summed E-state index contributed by atoms with van der Waals surface area (Å²) in [5.74, 6) is -0.469. The van der Waals surface area contributed by atoms with E-state index in [0.29, 0.717) is 5.88 Å². The Morgan fingerprint density at radius 2 is 2.20 bits per heavy atom. The van der Waals surface area contributed by atoms with Gasteiger partial charge in [-0.2, -0.15) is 0 Å². The van der Waals surface area contributed by atoms with Crippen molar-refractivity contribution in [2.45, 2.75) is 6.42 Å². The molecule has 0 atom stereocenters. The van der Waals surface area contributed by atoms with Gasteiger partial charge < -0.3 is 5.11 Å². The summed E-state index contributed by atoms with van der Waals surface area (Å²) in [5.41, 5.74) is 0.923. The van der Waals surface area contributed by atoms with Crippen molar-refractivity contribution in [1.82, 2.24) is 0 Å².